The predicted molar refractivity (Wildman–Crippen MR) is 77.2 cm³/mol. The average Bonchev–Trinajstić information content (AvgIpc) is 2.46. The van der Waals surface area contributed by atoms with Gasteiger partial charge in [0.2, 0.25) is 0 Å². The number of aromatic hydroxyl groups is 1. The zero-order valence-electron chi connectivity index (χ0n) is 11.1. The average molecular weight is 268 g/mol. The number of rotatable bonds is 5. The quantitative estimate of drug-likeness (QED) is 0.669. The predicted octanol–water partition coefficient (Wildman–Crippen LogP) is 3.23. The Morgan fingerprint density at radius 2 is 1.75 bits per heavy atom. The number of ether oxygens (including phenoxy) is 1. The van der Waals surface area contributed by atoms with Crippen LogP contribution in [0.2, 0.25) is 0 Å². The number of esters is 1. The molecule has 0 aliphatic rings. The summed E-state index contributed by atoms with van der Waals surface area (Å²) in [6.07, 6.45) is 0.363. The maximum Gasteiger partial charge on any atom is 0.334 e. The summed E-state index contributed by atoms with van der Waals surface area (Å²) < 4.78 is 5.19. The van der Waals surface area contributed by atoms with Crippen molar-refractivity contribution in [3.05, 3.63) is 77.9 Å². The Kier molecular flexibility index (Phi) is 4.56. The summed E-state index contributed by atoms with van der Waals surface area (Å²) in [7, 11) is 0. The molecule has 2 aromatic rings. The second-order valence-electron chi connectivity index (χ2n) is 4.51. The van der Waals surface area contributed by atoms with Crippen LogP contribution in [0.25, 0.3) is 0 Å². The van der Waals surface area contributed by atoms with E-state index in [1.165, 1.54) is 0 Å². The monoisotopic (exact) mass is 268 g/mol. The molecule has 0 radical (unpaired) electrons. The van der Waals surface area contributed by atoms with E-state index in [1.807, 2.05) is 36.4 Å². The second-order valence-corrected chi connectivity index (χ2v) is 4.51. The molecule has 1 N–H and O–H groups in total. The van der Waals surface area contributed by atoms with Gasteiger partial charge in [-0.2, -0.15) is 0 Å². The maximum atomic E-state index is 11.8. The fourth-order valence-electron chi connectivity index (χ4n) is 1.81. The van der Waals surface area contributed by atoms with E-state index in [0.29, 0.717) is 12.0 Å². The number of carbonyl (C=O) groups excluding carboxylic acids is 1. The van der Waals surface area contributed by atoms with E-state index in [-0.39, 0.29) is 12.4 Å². The third kappa shape index (κ3) is 3.99. The summed E-state index contributed by atoms with van der Waals surface area (Å²) in [6.45, 7) is 3.97. The Morgan fingerprint density at radius 3 is 2.45 bits per heavy atom. The minimum Gasteiger partial charge on any atom is -0.508 e. The van der Waals surface area contributed by atoms with E-state index >= 15 is 0 Å². The Bertz CT molecular complexity index is 603. The lowest BCUT2D eigenvalue weighted by atomic mass is 10.1. The molecule has 0 aromatic heterocycles. The molecule has 0 amide bonds. The van der Waals surface area contributed by atoms with Crippen molar-refractivity contribution >= 4 is 5.97 Å². The topological polar surface area (TPSA) is 46.5 Å². The lowest BCUT2D eigenvalue weighted by molar-refractivity contribution is -0.140. The fraction of sp³-hybridized carbons (Fsp3) is 0.118. The van der Waals surface area contributed by atoms with Crippen molar-refractivity contribution in [2.45, 2.75) is 13.0 Å². The van der Waals surface area contributed by atoms with Crippen LogP contribution in [0.1, 0.15) is 11.1 Å². The van der Waals surface area contributed by atoms with Crippen LogP contribution in [0.4, 0.5) is 0 Å². The Labute approximate surface area is 118 Å². The van der Waals surface area contributed by atoms with Gasteiger partial charge in [0.25, 0.3) is 0 Å². The molecule has 0 spiro atoms. The molecule has 20 heavy (non-hydrogen) atoms. The van der Waals surface area contributed by atoms with Crippen LogP contribution in [0.3, 0.4) is 0 Å². The van der Waals surface area contributed by atoms with Crippen LogP contribution in [0.15, 0.2) is 66.7 Å². The Morgan fingerprint density at radius 1 is 1.05 bits per heavy atom. The van der Waals surface area contributed by atoms with Gasteiger partial charge in [-0.15, -0.1) is 0 Å². The molecule has 0 fully saturated rings. The summed E-state index contributed by atoms with van der Waals surface area (Å²) >= 11 is 0. The van der Waals surface area contributed by atoms with Crippen LogP contribution in [0, 0.1) is 0 Å². The SMILES string of the molecule is C=C(Cc1cccc(O)c1)C(=O)OCc1ccccc1. The molecule has 0 heterocycles. The van der Waals surface area contributed by atoms with Gasteiger partial charge in [0.15, 0.2) is 0 Å². The lowest BCUT2D eigenvalue weighted by Crippen LogP contribution is -2.09. The van der Waals surface area contributed by atoms with Crippen molar-refractivity contribution in [3.63, 3.8) is 0 Å². The summed E-state index contributed by atoms with van der Waals surface area (Å²) in [4.78, 5) is 11.8. The van der Waals surface area contributed by atoms with Gasteiger partial charge in [-0.1, -0.05) is 49.0 Å². The number of phenolic OH excluding ortho intramolecular Hbond substituents is 1. The zero-order valence-corrected chi connectivity index (χ0v) is 11.1. The number of phenols is 1. The van der Waals surface area contributed by atoms with Crippen molar-refractivity contribution in [2.75, 3.05) is 0 Å². The first-order valence-electron chi connectivity index (χ1n) is 6.32. The van der Waals surface area contributed by atoms with Crippen LogP contribution < -0.4 is 0 Å². The molecule has 0 saturated carbocycles. The normalized spacial score (nSPS) is 10.0. The van der Waals surface area contributed by atoms with Gasteiger partial charge in [-0.3, -0.25) is 0 Å². The summed E-state index contributed by atoms with van der Waals surface area (Å²) in [5.74, 6) is -0.245. The summed E-state index contributed by atoms with van der Waals surface area (Å²) in [6, 6.07) is 16.2. The van der Waals surface area contributed by atoms with Gasteiger partial charge in [0.05, 0.1) is 0 Å². The largest absolute Gasteiger partial charge is 0.508 e. The van der Waals surface area contributed by atoms with Gasteiger partial charge < -0.3 is 9.84 Å². The van der Waals surface area contributed by atoms with Gasteiger partial charge in [0.1, 0.15) is 12.4 Å². The van der Waals surface area contributed by atoms with Gasteiger partial charge in [-0.25, -0.2) is 4.79 Å². The van der Waals surface area contributed by atoms with E-state index in [2.05, 4.69) is 6.58 Å². The second kappa shape index (κ2) is 6.57. The smallest absolute Gasteiger partial charge is 0.334 e. The lowest BCUT2D eigenvalue weighted by Gasteiger charge is -2.07. The standard InChI is InChI=1S/C17H16O3/c1-13(10-15-8-5-9-16(18)11-15)17(19)20-12-14-6-3-2-4-7-14/h2-9,11,18H,1,10,12H2. The minimum absolute atomic E-state index is 0.174. The first kappa shape index (κ1) is 13.9. The highest BCUT2D eigenvalue weighted by Gasteiger charge is 2.10. The molecular weight excluding hydrogens is 252 g/mol. The summed E-state index contributed by atoms with van der Waals surface area (Å²) in [5.41, 5.74) is 2.13. The molecule has 0 unspecified atom stereocenters. The van der Waals surface area contributed by atoms with Crippen LogP contribution in [-0.2, 0) is 22.6 Å². The van der Waals surface area contributed by atoms with Crippen molar-refractivity contribution in [3.8, 4) is 5.75 Å². The van der Waals surface area contributed by atoms with Crippen molar-refractivity contribution in [1.29, 1.82) is 0 Å². The Hall–Kier alpha value is -2.55. The van der Waals surface area contributed by atoms with E-state index < -0.39 is 5.97 Å². The molecule has 0 bridgehead atoms. The molecule has 0 saturated heterocycles. The van der Waals surface area contributed by atoms with Crippen LogP contribution in [-0.4, -0.2) is 11.1 Å². The van der Waals surface area contributed by atoms with Crippen LogP contribution >= 0.6 is 0 Å². The molecule has 102 valence electrons. The number of carbonyl (C=O) groups is 1. The van der Waals surface area contributed by atoms with Gasteiger partial charge in [0, 0.05) is 12.0 Å². The molecule has 3 heteroatoms. The van der Waals surface area contributed by atoms with Gasteiger partial charge >= 0.3 is 5.97 Å². The molecular formula is C17H16O3. The van der Waals surface area contributed by atoms with E-state index in [9.17, 15) is 9.90 Å². The number of hydrogen-bond acceptors (Lipinski definition) is 3. The number of hydrogen-bond donors (Lipinski definition) is 1. The Balaban J connectivity index is 1.88. The minimum atomic E-state index is -0.419. The van der Waals surface area contributed by atoms with Gasteiger partial charge in [-0.05, 0) is 23.3 Å². The first-order valence-corrected chi connectivity index (χ1v) is 6.32. The highest BCUT2D eigenvalue weighted by molar-refractivity contribution is 5.88. The molecule has 3 nitrogen and oxygen atoms in total. The number of benzene rings is 2. The molecule has 2 aromatic carbocycles. The van der Waals surface area contributed by atoms with Crippen LogP contribution in [0.5, 0.6) is 5.75 Å². The maximum absolute atomic E-state index is 11.8. The van der Waals surface area contributed by atoms with Crippen molar-refractivity contribution < 1.29 is 14.6 Å². The highest BCUT2D eigenvalue weighted by Crippen LogP contribution is 2.15. The van der Waals surface area contributed by atoms with Crippen molar-refractivity contribution in [2.24, 2.45) is 0 Å². The first-order chi connectivity index (χ1) is 9.65. The molecule has 0 atom stereocenters. The zero-order chi connectivity index (χ0) is 14.4. The molecule has 2 rings (SSSR count). The summed E-state index contributed by atoms with van der Waals surface area (Å²) in [5, 5.41) is 9.37. The molecule has 0 aliphatic carbocycles. The molecule has 0 aliphatic heterocycles. The highest BCUT2D eigenvalue weighted by atomic mass is 16.5. The van der Waals surface area contributed by atoms with E-state index in [1.54, 1.807) is 18.2 Å². The third-order valence-electron chi connectivity index (χ3n) is 2.83. The van der Waals surface area contributed by atoms with E-state index in [4.69, 9.17) is 4.74 Å². The third-order valence-corrected chi connectivity index (χ3v) is 2.83. The van der Waals surface area contributed by atoms with Crippen molar-refractivity contribution in [1.82, 2.24) is 0 Å². The van der Waals surface area contributed by atoms with E-state index in [0.717, 1.165) is 11.1 Å². The fourth-order valence-corrected chi connectivity index (χ4v) is 1.81.